The summed E-state index contributed by atoms with van der Waals surface area (Å²) in [5, 5.41) is 0. The van der Waals surface area contributed by atoms with Crippen molar-refractivity contribution in [2.45, 2.75) is 25.4 Å². The summed E-state index contributed by atoms with van der Waals surface area (Å²) < 4.78 is 21.0. The number of methoxy groups -OCH3 is 4. The van der Waals surface area contributed by atoms with E-state index < -0.39 is 12.0 Å². The number of hydrogen-bond acceptors (Lipinski definition) is 6. The summed E-state index contributed by atoms with van der Waals surface area (Å²) in [7, 11) is 5.91. The maximum absolute atomic E-state index is 13.2. The molecule has 7 nitrogen and oxygen atoms in total. The first kappa shape index (κ1) is 20.5. The van der Waals surface area contributed by atoms with E-state index in [0.717, 1.165) is 11.1 Å². The van der Waals surface area contributed by atoms with Crippen LogP contribution in [0.2, 0.25) is 0 Å². The van der Waals surface area contributed by atoms with Crippen LogP contribution < -0.4 is 14.2 Å². The van der Waals surface area contributed by atoms with E-state index in [9.17, 15) is 9.59 Å². The number of carbonyl (C=O) groups is 2. The highest BCUT2D eigenvalue weighted by Crippen LogP contribution is 2.38. The molecule has 0 radical (unpaired) electrons. The van der Waals surface area contributed by atoms with Crippen LogP contribution in [0.4, 0.5) is 0 Å². The van der Waals surface area contributed by atoms with Gasteiger partial charge in [-0.3, -0.25) is 4.79 Å². The van der Waals surface area contributed by atoms with E-state index in [1.807, 2.05) is 24.3 Å². The number of nitrogens with zero attached hydrogens (tertiary/aromatic N) is 1. The van der Waals surface area contributed by atoms with Gasteiger partial charge in [-0.2, -0.15) is 0 Å². The van der Waals surface area contributed by atoms with Crippen LogP contribution in [-0.4, -0.2) is 51.3 Å². The van der Waals surface area contributed by atoms with Crippen LogP contribution in [0.25, 0.3) is 0 Å². The zero-order valence-corrected chi connectivity index (χ0v) is 17.1. The Morgan fingerprint density at radius 2 is 1.59 bits per heavy atom. The monoisotopic (exact) mass is 399 g/mol. The highest BCUT2D eigenvalue weighted by atomic mass is 16.5. The maximum Gasteiger partial charge on any atom is 0.328 e. The van der Waals surface area contributed by atoms with Crippen molar-refractivity contribution >= 4 is 11.9 Å². The van der Waals surface area contributed by atoms with Crippen molar-refractivity contribution in [1.82, 2.24) is 4.90 Å². The minimum atomic E-state index is -0.649. The van der Waals surface area contributed by atoms with Crippen molar-refractivity contribution in [3.8, 4) is 17.2 Å². The lowest BCUT2D eigenvalue weighted by molar-refractivity contribution is -0.153. The van der Waals surface area contributed by atoms with E-state index in [1.165, 1.54) is 28.4 Å². The summed E-state index contributed by atoms with van der Waals surface area (Å²) in [4.78, 5) is 27.1. The first-order valence-electron chi connectivity index (χ1n) is 9.25. The zero-order chi connectivity index (χ0) is 21.0. The Bertz CT molecular complexity index is 885. The third-order valence-corrected chi connectivity index (χ3v) is 5.12. The number of benzene rings is 2. The molecule has 1 heterocycles. The number of hydrogen-bond donors (Lipinski definition) is 0. The fourth-order valence-corrected chi connectivity index (χ4v) is 3.65. The average molecular weight is 399 g/mol. The van der Waals surface area contributed by atoms with Gasteiger partial charge < -0.3 is 23.8 Å². The molecule has 3 rings (SSSR count). The van der Waals surface area contributed by atoms with Crippen molar-refractivity contribution in [1.29, 1.82) is 0 Å². The quantitative estimate of drug-likeness (QED) is 0.695. The average Bonchev–Trinajstić information content (AvgIpc) is 2.76. The molecule has 0 N–H and O–H groups in total. The molecule has 0 saturated carbocycles. The molecule has 0 aromatic heterocycles. The Labute approximate surface area is 170 Å². The Morgan fingerprint density at radius 3 is 2.14 bits per heavy atom. The third-order valence-electron chi connectivity index (χ3n) is 5.12. The predicted octanol–water partition coefficient (Wildman–Crippen LogP) is 2.38. The van der Waals surface area contributed by atoms with E-state index in [1.54, 1.807) is 17.0 Å². The fraction of sp³-hybridized carbons (Fsp3) is 0.364. The lowest BCUT2D eigenvalue weighted by Crippen LogP contribution is -2.49. The van der Waals surface area contributed by atoms with Gasteiger partial charge in [0.2, 0.25) is 11.7 Å². The maximum atomic E-state index is 13.2. The molecule has 0 bridgehead atoms. The van der Waals surface area contributed by atoms with Gasteiger partial charge >= 0.3 is 5.97 Å². The van der Waals surface area contributed by atoms with Gasteiger partial charge in [-0.15, -0.1) is 0 Å². The summed E-state index contributed by atoms with van der Waals surface area (Å²) in [5.41, 5.74) is 2.79. The zero-order valence-electron chi connectivity index (χ0n) is 17.1. The lowest BCUT2D eigenvalue weighted by atomic mass is 9.93. The molecule has 7 heteroatoms. The van der Waals surface area contributed by atoms with Gasteiger partial charge in [-0.25, -0.2) is 4.79 Å². The van der Waals surface area contributed by atoms with Gasteiger partial charge in [0.25, 0.3) is 0 Å². The van der Waals surface area contributed by atoms with Gasteiger partial charge in [0, 0.05) is 13.0 Å². The summed E-state index contributed by atoms with van der Waals surface area (Å²) in [6.07, 6.45) is 0.524. The summed E-state index contributed by atoms with van der Waals surface area (Å²) >= 11 is 0. The molecule has 1 aliphatic heterocycles. The van der Waals surface area contributed by atoms with Crippen LogP contribution in [0.3, 0.4) is 0 Å². The van der Waals surface area contributed by atoms with Gasteiger partial charge in [0.05, 0.1) is 34.9 Å². The second-order valence-electron chi connectivity index (χ2n) is 6.74. The Balaban J connectivity index is 1.89. The van der Waals surface area contributed by atoms with Crippen LogP contribution in [0.5, 0.6) is 17.2 Å². The van der Waals surface area contributed by atoms with Crippen LogP contribution in [0, 0.1) is 0 Å². The number of carbonyl (C=O) groups excluding carboxylic acids is 2. The number of amides is 1. The lowest BCUT2D eigenvalue weighted by Gasteiger charge is -2.35. The molecule has 1 aliphatic rings. The molecule has 0 fully saturated rings. The van der Waals surface area contributed by atoms with Gasteiger partial charge in [-0.05, 0) is 28.8 Å². The second-order valence-corrected chi connectivity index (χ2v) is 6.74. The van der Waals surface area contributed by atoms with Crippen molar-refractivity contribution in [2.75, 3.05) is 28.4 Å². The smallest absolute Gasteiger partial charge is 0.328 e. The Kier molecular flexibility index (Phi) is 6.26. The van der Waals surface area contributed by atoms with Crippen LogP contribution in [-0.2, 0) is 33.7 Å². The van der Waals surface area contributed by atoms with E-state index in [2.05, 4.69) is 0 Å². The molecule has 29 heavy (non-hydrogen) atoms. The van der Waals surface area contributed by atoms with Gasteiger partial charge in [-0.1, -0.05) is 24.3 Å². The predicted molar refractivity (Wildman–Crippen MR) is 106 cm³/mol. The van der Waals surface area contributed by atoms with E-state index in [0.29, 0.717) is 35.8 Å². The molecule has 1 amide bonds. The number of rotatable bonds is 6. The third kappa shape index (κ3) is 4.13. The normalized spacial score (nSPS) is 15.3. The van der Waals surface area contributed by atoms with Crippen molar-refractivity contribution < 1.29 is 28.5 Å². The molecule has 0 saturated heterocycles. The standard InChI is InChI=1S/C22H25NO6/c1-26-18-9-14(10-19(27-2)21(18)28-3)11-20(24)23-13-16-8-6-5-7-15(16)12-17(23)22(25)29-4/h5-10,17H,11-13H2,1-4H3. The van der Waals surface area contributed by atoms with Crippen molar-refractivity contribution in [3.05, 3.63) is 53.1 Å². The summed E-state index contributed by atoms with van der Waals surface area (Å²) in [5.74, 6) is 0.818. The highest BCUT2D eigenvalue weighted by Gasteiger charge is 2.35. The number of fused-ring (bicyclic) bond motifs is 1. The molecular weight excluding hydrogens is 374 g/mol. The largest absolute Gasteiger partial charge is 0.493 e. The molecule has 0 aliphatic carbocycles. The van der Waals surface area contributed by atoms with Crippen LogP contribution in [0.15, 0.2) is 36.4 Å². The van der Waals surface area contributed by atoms with Gasteiger partial charge in [0.1, 0.15) is 6.04 Å². The van der Waals surface area contributed by atoms with Crippen molar-refractivity contribution in [3.63, 3.8) is 0 Å². The summed E-state index contributed by atoms with van der Waals surface area (Å²) in [6, 6.07) is 10.6. The molecule has 0 spiro atoms. The molecule has 1 unspecified atom stereocenters. The molecule has 2 aromatic carbocycles. The highest BCUT2D eigenvalue weighted by molar-refractivity contribution is 5.86. The fourth-order valence-electron chi connectivity index (χ4n) is 3.65. The Hall–Kier alpha value is -3.22. The van der Waals surface area contributed by atoms with E-state index in [-0.39, 0.29) is 12.3 Å². The molecule has 2 aromatic rings. The first-order valence-corrected chi connectivity index (χ1v) is 9.25. The van der Waals surface area contributed by atoms with E-state index >= 15 is 0 Å². The summed E-state index contributed by atoms with van der Waals surface area (Å²) in [6.45, 7) is 0.360. The first-order chi connectivity index (χ1) is 14.0. The minimum Gasteiger partial charge on any atom is -0.493 e. The van der Waals surface area contributed by atoms with Gasteiger partial charge in [0.15, 0.2) is 11.5 Å². The number of ether oxygens (including phenoxy) is 4. The number of esters is 1. The molecule has 1 atom stereocenters. The molecule has 154 valence electrons. The van der Waals surface area contributed by atoms with E-state index in [4.69, 9.17) is 18.9 Å². The van der Waals surface area contributed by atoms with Crippen LogP contribution >= 0.6 is 0 Å². The second kappa shape index (κ2) is 8.86. The Morgan fingerprint density at radius 1 is 0.966 bits per heavy atom. The van der Waals surface area contributed by atoms with Crippen LogP contribution in [0.1, 0.15) is 16.7 Å². The molecular formula is C22H25NO6. The van der Waals surface area contributed by atoms with Crippen molar-refractivity contribution in [2.24, 2.45) is 0 Å². The minimum absolute atomic E-state index is 0.0897. The SMILES string of the molecule is COC(=O)C1Cc2ccccc2CN1C(=O)Cc1cc(OC)c(OC)c(OC)c1. The topological polar surface area (TPSA) is 74.3 Å².